The summed E-state index contributed by atoms with van der Waals surface area (Å²) in [6, 6.07) is 0. The average Bonchev–Trinajstić information content (AvgIpc) is 3.47. The zero-order valence-corrected chi connectivity index (χ0v) is 18.7. The van der Waals surface area contributed by atoms with Crippen molar-refractivity contribution in [1.82, 2.24) is 29.8 Å². The van der Waals surface area contributed by atoms with E-state index in [1.807, 2.05) is 25.2 Å². The molecule has 1 saturated carbocycles. The number of nitrogen functional groups attached to an aromatic ring is 1. The predicted molar refractivity (Wildman–Crippen MR) is 127 cm³/mol. The van der Waals surface area contributed by atoms with Crippen LogP contribution in [0.4, 0.5) is 5.82 Å². The minimum absolute atomic E-state index is 0.452. The molecule has 1 fully saturated rings. The van der Waals surface area contributed by atoms with Crippen molar-refractivity contribution in [3.8, 4) is 5.95 Å². The second-order valence-corrected chi connectivity index (χ2v) is 8.62. The van der Waals surface area contributed by atoms with Crippen molar-refractivity contribution < 1.29 is 0 Å². The summed E-state index contributed by atoms with van der Waals surface area (Å²) in [6.07, 6.45) is 16.3. The van der Waals surface area contributed by atoms with Gasteiger partial charge in [-0.3, -0.25) is 0 Å². The van der Waals surface area contributed by atoms with Gasteiger partial charge in [0.2, 0.25) is 0 Å². The van der Waals surface area contributed by atoms with Gasteiger partial charge in [-0.15, -0.1) is 0 Å². The van der Waals surface area contributed by atoms with Crippen molar-refractivity contribution in [2.75, 3.05) is 26.4 Å². The zero-order valence-electron chi connectivity index (χ0n) is 18.7. The molecule has 2 aliphatic rings. The molecule has 1 aliphatic heterocycles. The van der Waals surface area contributed by atoms with Crippen LogP contribution in [0.5, 0.6) is 0 Å². The lowest BCUT2D eigenvalue weighted by molar-refractivity contribution is 0.118. The molecule has 0 bridgehead atoms. The molecule has 0 saturated heterocycles. The number of nitrogens with two attached hydrogens (primary N) is 1. The van der Waals surface area contributed by atoms with Gasteiger partial charge in [0, 0.05) is 44.2 Å². The third-order valence-electron chi connectivity index (χ3n) is 6.56. The van der Waals surface area contributed by atoms with Gasteiger partial charge in [-0.1, -0.05) is 51.3 Å². The maximum atomic E-state index is 6.33. The molecule has 0 atom stereocenters. The fourth-order valence-electron chi connectivity index (χ4n) is 4.72. The molecule has 0 aromatic carbocycles. The number of hydrogen-bond donors (Lipinski definition) is 1. The van der Waals surface area contributed by atoms with Crippen LogP contribution in [0.2, 0.25) is 0 Å². The van der Waals surface area contributed by atoms with Gasteiger partial charge in [0.15, 0.2) is 0 Å². The van der Waals surface area contributed by atoms with Gasteiger partial charge >= 0.3 is 0 Å². The smallest absolute Gasteiger partial charge is 0.253 e. The van der Waals surface area contributed by atoms with Crippen LogP contribution in [-0.4, -0.2) is 50.4 Å². The highest BCUT2D eigenvalue weighted by molar-refractivity contribution is 5.74. The molecule has 7 nitrogen and oxygen atoms in total. The number of aryl methyl sites for hydroxylation is 1. The molecular weight excluding hydrogens is 386 g/mol. The second kappa shape index (κ2) is 9.06. The molecule has 4 rings (SSSR count). The molecule has 0 radical (unpaired) electrons. The quantitative estimate of drug-likeness (QED) is 0.692. The molecule has 3 heterocycles. The highest BCUT2D eigenvalue weighted by Gasteiger charge is 2.22. The van der Waals surface area contributed by atoms with Gasteiger partial charge in [-0.25, -0.2) is 9.99 Å². The van der Waals surface area contributed by atoms with Gasteiger partial charge < -0.3 is 10.7 Å². The van der Waals surface area contributed by atoms with E-state index >= 15 is 0 Å². The van der Waals surface area contributed by atoms with E-state index in [9.17, 15) is 0 Å². The van der Waals surface area contributed by atoms with Crippen molar-refractivity contribution in [3.05, 3.63) is 48.1 Å². The van der Waals surface area contributed by atoms with E-state index in [-0.39, 0.29) is 0 Å². The fourth-order valence-corrected chi connectivity index (χ4v) is 4.72. The van der Waals surface area contributed by atoms with Crippen molar-refractivity contribution in [1.29, 1.82) is 0 Å². The van der Waals surface area contributed by atoms with E-state index in [4.69, 9.17) is 10.8 Å². The minimum atomic E-state index is 0.452. The summed E-state index contributed by atoms with van der Waals surface area (Å²) < 4.78 is 1.75. The van der Waals surface area contributed by atoms with Gasteiger partial charge in [0.25, 0.3) is 5.95 Å². The van der Waals surface area contributed by atoms with E-state index in [1.165, 1.54) is 32.1 Å². The Kier molecular flexibility index (Phi) is 6.23. The highest BCUT2D eigenvalue weighted by Crippen LogP contribution is 2.30. The molecular formula is C24H33N7. The van der Waals surface area contributed by atoms with Crippen LogP contribution < -0.4 is 5.73 Å². The van der Waals surface area contributed by atoms with E-state index in [1.54, 1.807) is 17.0 Å². The largest absolute Gasteiger partial charge is 0.383 e. The SMILES string of the molecule is C=Cc1c(CCCC2CCCC2)nn(-c2ncc(C3=CN(C)N(C)C3)c(N)n2)c1C=C. The second-order valence-electron chi connectivity index (χ2n) is 8.62. The summed E-state index contributed by atoms with van der Waals surface area (Å²) in [5.41, 5.74) is 11.2. The van der Waals surface area contributed by atoms with Crippen LogP contribution >= 0.6 is 0 Å². The van der Waals surface area contributed by atoms with Gasteiger partial charge in [-0.05, 0) is 30.4 Å². The number of likely N-dealkylation sites (N-methyl/N-ethyl adjacent to an activating group) is 1. The van der Waals surface area contributed by atoms with E-state index in [0.717, 1.165) is 53.4 Å². The van der Waals surface area contributed by atoms with Crippen molar-refractivity contribution >= 4 is 23.5 Å². The molecule has 1 aliphatic carbocycles. The summed E-state index contributed by atoms with van der Waals surface area (Å²) in [4.78, 5) is 9.18. The maximum absolute atomic E-state index is 6.33. The Labute approximate surface area is 184 Å². The van der Waals surface area contributed by atoms with Crippen LogP contribution in [0, 0.1) is 5.92 Å². The number of anilines is 1. The molecule has 164 valence electrons. The fraction of sp³-hybridized carbons (Fsp3) is 0.458. The number of aromatic nitrogens is 4. The summed E-state index contributed by atoms with van der Waals surface area (Å²) in [5, 5.41) is 8.97. The lowest BCUT2D eigenvalue weighted by atomic mass is 9.99. The first-order valence-corrected chi connectivity index (χ1v) is 11.2. The minimum Gasteiger partial charge on any atom is -0.383 e. The molecule has 2 N–H and O–H groups in total. The molecule has 0 spiro atoms. The molecule has 2 aromatic rings. The molecule has 0 unspecified atom stereocenters. The Hall–Kier alpha value is -2.93. The van der Waals surface area contributed by atoms with Crippen molar-refractivity contribution in [2.24, 2.45) is 5.92 Å². The Balaban J connectivity index is 1.59. The average molecular weight is 420 g/mol. The summed E-state index contributed by atoms with van der Waals surface area (Å²) >= 11 is 0. The topological polar surface area (TPSA) is 76.1 Å². The first-order chi connectivity index (χ1) is 15.0. The number of hydrogen-bond acceptors (Lipinski definition) is 6. The first kappa shape index (κ1) is 21.3. The highest BCUT2D eigenvalue weighted by atomic mass is 15.6. The van der Waals surface area contributed by atoms with Crippen LogP contribution in [-0.2, 0) is 6.42 Å². The number of rotatable bonds is 8. The zero-order chi connectivity index (χ0) is 22.0. The van der Waals surface area contributed by atoms with Crippen LogP contribution in [0.3, 0.4) is 0 Å². The maximum Gasteiger partial charge on any atom is 0.253 e. The number of nitrogens with zero attached hydrogens (tertiary/aromatic N) is 6. The summed E-state index contributed by atoms with van der Waals surface area (Å²) in [7, 11) is 4.03. The molecule has 2 aromatic heterocycles. The summed E-state index contributed by atoms with van der Waals surface area (Å²) in [6.45, 7) is 8.77. The van der Waals surface area contributed by atoms with Gasteiger partial charge in [0.05, 0.1) is 11.4 Å². The lowest BCUT2D eigenvalue weighted by Crippen LogP contribution is -2.27. The van der Waals surface area contributed by atoms with Crippen LogP contribution in [0.25, 0.3) is 23.7 Å². The van der Waals surface area contributed by atoms with E-state index in [2.05, 4.69) is 34.3 Å². The Bertz CT molecular complexity index is 998. The normalized spacial score (nSPS) is 17.4. The van der Waals surface area contributed by atoms with Crippen molar-refractivity contribution in [2.45, 2.75) is 44.9 Å². The summed E-state index contributed by atoms with van der Waals surface area (Å²) in [5.74, 6) is 1.79. The van der Waals surface area contributed by atoms with Crippen LogP contribution in [0.15, 0.2) is 25.6 Å². The van der Waals surface area contributed by atoms with E-state index < -0.39 is 0 Å². The van der Waals surface area contributed by atoms with Gasteiger partial charge in [0.1, 0.15) is 5.82 Å². The lowest BCUT2D eigenvalue weighted by Gasteiger charge is -2.18. The van der Waals surface area contributed by atoms with E-state index in [0.29, 0.717) is 11.8 Å². The van der Waals surface area contributed by atoms with Gasteiger partial charge in [-0.2, -0.15) is 14.8 Å². The Morgan fingerprint density at radius 1 is 1.19 bits per heavy atom. The predicted octanol–water partition coefficient (Wildman–Crippen LogP) is 4.18. The van der Waals surface area contributed by atoms with Crippen LogP contribution in [0.1, 0.15) is 61.0 Å². The monoisotopic (exact) mass is 419 g/mol. The third-order valence-corrected chi connectivity index (χ3v) is 6.56. The third kappa shape index (κ3) is 4.28. The van der Waals surface area contributed by atoms with Crippen molar-refractivity contribution in [3.63, 3.8) is 0 Å². The number of hydrazine groups is 1. The Morgan fingerprint density at radius 2 is 1.97 bits per heavy atom. The Morgan fingerprint density at radius 3 is 2.58 bits per heavy atom. The molecule has 7 heteroatoms. The molecule has 31 heavy (non-hydrogen) atoms. The molecule has 0 amide bonds. The first-order valence-electron chi connectivity index (χ1n) is 11.2. The standard InChI is InChI=1S/C24H33N7/c1-5-19-21(13-9-12-17-10-7-8-11-17)28-31(22(19)6-2)24-26-14-20(23(25)27-24)18-15-29(3)30(4)16-18/h5-6,14-15,17H,1-2,7-13,16H2,3-4H3,(H2,25,26,27).